The second kappa shape index (κ2) is 5.68. The van der Waals surface area contributed by atoms with Gasteiger partial charge in [-0.3, -0.25) is 0 Å². The molecular weight excluding hydrogens is 286 g/mol. The minimum Gasteiger partial charge on any atom is -0.309 e. The molecule has 0 aliphatic rings. The Bertz CT molecular complexity index is 549. The maximum Gasteiger partial charge on any atom is 0.0577 e. The zero-order valence-electron chi connectivity index (χ0n) is 11.0. The Labute approximate surface area is 117 Å². The number of rotatable bonds is 3. The molecule has 1 atom stereocenters. The lowest BCUT2D eigenvalue weighted by atomic mass is 9.94. The molecule has 1 nitrogen and oxygen atoms in total. The molecule has 1 unspecified atom stereocenters. The maximum absolute atomic E-state index is 3.51. The van der Waals surface area contributed by atoms with Crippen LogP contribution in [0.25, 0.3) is 0 Å². The average Bonchev–Trinajstić information content (AvgIpc) is 2.33. The van der Waals surface area contributed by atoms with Gasteiger partial charge in [-0.05, 0) is 49.7 Å². The van der Waals surface area contributed by atoms with Crippen molar-refractivity contribution in [1.82, 2.24) is 5.32 Å². The molecule has 18 heavy (non-hydrogen) atoms. The van der Waals surface area contributed by atoms with Crippen LogP contribution in [0.2, 0.25) is 0 Å². The topological polar surface area (TPSA) is 12.0 Å². The largest absolute Gasteiger partial charge is 0.309 e. The lowest BCUT2D eigenvalue weighted by Crippen LogP contribution is -2.18. The van der Waals surface area contributed by atoms with E-state index in [2.05, 4.69) is 77.6 Å². The van der Waals surface area contributed by atoms with Crippen LogP contribution < -0.4 is 5.32 Å². The van der Waals surface area contributed by atoms with E-state index in [9.17, 15) is 0 Å². The van der Waals surface area contributed by atoms with Gasteiger partial charge in [0.2, 0.25) is 0 Å². The summed E-state index contributed by atoms with van der Waals surface area (Å²) < 4.78 is 1.13. The monoisotopic (exact) mass is 303 g/mol. The van der Waals surface area contributed by atoms with Gasteiger partial charge in [-0.1, -0.05) is 51.8 Å². The van der Waals surface area contributed by atoms with Crippen molar-refractivity contribution in [1.29, 1.82) is 0 Å². The lowest BCUT2D eigenvalue weighted by Gasteiger charge is -2.20. The van der Waals surface area contributed by atoms with Crippen LogP contribution in [0.15, 0.2) is 46.9 Å². The summed E-state index contributed by atoms with van der Waals surface area (Å²) in [6, 6.07) is 15.4. The van der Waals surface area contributed by atoms with E-state index in [4.69, 9.17) is 0 Å². The van der Waals surface area contributed by atoms with Crippen LogP contribution in [0.4, 0.5) is 0 Å². The molecule has 0 bridgehead atoms. The standard InChI is InChI=1S/C16H18BrN/c1-11-5-4-6-13(9-11)16(18-3)15-8-7-14(17)10-12(15)2/h4-10,16,18H,1-3H3. The van der Waals surface area contributed by atoms with Crippen molar-refractivity contribution in [3.05, 3.63) is 69.2 Å². The van der Waals surface area contributed by atoms with Gasteiger partial charge in [-0.25, -0.2) is 0 Å². The number of benzene rings is 2. The van der Waals surface area contributed by atoms with Gasteiger partial charge < -0.3 is 5.32 Å². The fourth-order valence-corrected chi connectivity index (χ4v) is 2.79. The molecule has 0 aliphatic heterocycles. The first-order chi connectivity index (χ1) is 8.61. The number of nitrogens with one attached hydrogen (secondary N) is 1. The van der Waals surface area contributed by atoms with Crippen molar-refractivity contribution < 1.29 is 0 Å². The van der Waals surface area contributed by atoms with E-state index in [1.165, 1.54) is 22.3 Å². The van der Waals surface area contributed by atoms with Gasteiger partial charge in [0.1, 0.15) is 0 Å². The first-order valence-corrected chi connectivity index (χ1v) is 6.91. The van der Waals surface area contributed by atoms with E-state index in [-0.39, 0.29) is 6.04 Å². The first kappa shape index (κ1) is 13.3. The van der Waals surface area contributed by atoms with Gasteiger partial charge in [-0.2, -0.15) is 0 Å². The van der Waals surface area contributed by atoms with Gasteiger partial charge in [0, 0.05) is 4.47 Å². The summed E-state index contributed by atoms with van der Waals surface area (Å²) in [6.45, 7) is 4.28. The van der Waals surface area contributed by atoms with E-state index in [0.29, 0.717) is 0 Å². The normalized spacial score (nSPS) is 12.4. The minimum atomic E-state index is 0.248. The second-order valence-corrected chi connectivity index (χ2v) is 5.55. The maximum atomic E-state index is 3.51. The van der Waals surface area contributed by atoms with Crippen LogP contribution in [0.5, 0.6) is 0 Å². The molecule has 0 saturated carbocycles. The van der Waals surface area contributed by atoms with E-state index < -0.39 is 0 Å². The van der Waals surface area contributed by atoms with Crippen molar-refractivity contribution in [2.24, 2.45) is 0 Å². The molecule has 0 spiro atoms. The lowest BCUT2D eigenvalue weighted by molar-refractivity contribution is 0.687. The number of halogens is 1. The van der Waals surface area contributed by atoms with Gasteiger partial charge in [-0.15, -0.1) is 0 Å². The molecule has 0 fully saturated rings. The molecule has 0 amide bonds. The Kier molecular flexibility index (Phi) is 4.20. The molecule has 2 heteroatoms. The smallest absolute Gasteiger partial charge is 0.0577 e. The third-order valence-corrected chi connectivity index (χ3v) is 3.70. The molecule has 2 rings (SSSR count). The fourth-order valence-electron chi connectivity index (χ4n) is 2.31. The SMILES string of the molecule is CNC(c1cccc(C)c1)c1ccc(Br)cc1C. The molecule has 2 aromatic carbocycles. The van der Waals surface area contributed by atoms with Crippen molar-refractivity contribution in [2.45, 2.75) is 19.9 Å². The van der Waals surface area contributed by atoms with Crippen molar-refractivity contribution >= 4 is 15.9 Å². The zero-order valence-corrected chi connectivity index (χ0v) is 12.6. The summed E-state index contributed by atoms with van der Waals surface area (Å²) in [4.78, 5) is 0. The highest BCUT2D eigenvalue weighted by atomic mass is 79.9. The molecule has 0 heterocycles. The van der Waals surface area contributed by atoms with Crippen LogP contribution in [-0.2, 0) is 0 Å². The van der Waals surface area contributed by atoms with Crippen molar-refractivity contribution in [3.63, 3.8) is 0 Å². The van der Waals surface area contributed by atoms with Gasteiger partial charge in [0.05, 0.1) is 6.04 Å². The highest BCUT2D eigenvalue weighted by molar-refractivity contribution is 9.10. The van der Waals surface area contributed by atoms with E-state index >= 15 is 0 Å². The molecular formula is C16H18BrN. The molecule has 0 aromatic heterocycles. The summed E-state index contributed by atoms with van der Waals surface area (Å²) in [5.74, 6) is 0. The number of aryl methyl sites for hydroxylation is 2. The third kappa shape index (κ3) is 2.82. The molecule has 2 aromatic rings. The minimum absolute atomic E-state index is 0.248. The Morgan fingerprint density at radius 2 is 1.83 bits per heavy atom. The van der Waals surface area contributed by atoms with Crippen LogP contribution in [0, 0.1) is 13.8 Å². The van der Waals surface area contributed by atoms with Gasteiger partial charge >= 0.3 is 0 Å². The Balaban J connectivity index is 2.45. The summed E-state index contributed by atoms with van der Waals surface area (Å²) in [5.41, 5.74) is 5.22. The number of hydrogen-bond donors (Lipinski definition) is 1. The van der Waals surface area contributed by atoms with Gasteiger partial charge in [0.25, 0.3) is 0 Å². The molecule has 0 aliphatic carbocycles. The first-order valence-electron chi connectivity index (χ1n) is 6.11. The molecule has 0 saturated heterocycles. The van der Waals surface area contributed by atoms with Crippen molar-refractivity contribution in [2.75, 3.05) is 7.05 Å². The van der Waals surface area contributed by atoms with Crippen LogP contribution in [-0.4, -0.2) is 7.05 Å². The fraction of sp³-hybridized carbons (Fsp3) is 0.250. The Morgan fingerprint density at radius 3 is 2.44 bits per heavy atom. The van der Waals surface area contributed by atoms with Crippen LogP contribution in [0.1, 0.15) is 28.3 Å². The summed E-state index contributed by atoms with van der Waals surface area (Å²) in [6.07, 6.45) is 0. The van der Waals surface area contributed by atoms with Crippen LogP contribution >= 0.6 is 15.9 Å². The van der Waals surface area contributed by atoms with E-state index in [1.54, 1.807) is 0 Å². The summed E-state index contributed by atoms with van der Waals surface area (Å²) >= 11 is 3.51. The molecule has 94 valence electrons. The second-order valence-electron chi connectivity index (χ2n) is 4.64. The predicted molar refractivity (Wildman–Crippen MR) is 81.0 cm³/mol. The quantitative estimate of drug-likeness (QED) is 0.887. The molecule has 1 N–H and O–H groups in total. The Morgan fingerprint density at radius 1 is 1.06 bits per heavy atom. The Hall–Kier alpha value is -1.12. The van der Waals surface area contributed by atoms with Crippen molar-refractivity contribution in [3.8, 4) is 0 Å². The molecule has 0 radical (unpaired) electrons. The summed E-state index contributed by atoms with van der Waals surface area (Å²) in [7, 11) is 2.01. The predicted octanol–water partition coefficient (Wildman–Crippen LogP) is 4.37. The van der Waals surface area contributed by atoms with E-state index in [0.717, 1.165) is 4.47 Å². The zero-order chi connectivity index (χ0) is 13.1. The summed E-state index contributed by atoms with van der Waals surface area (Å²) in [5, 5.41) is 3.41. The highest BCUT2D eigenvalue weighted by Gasteiger charge is 2.14. The number of hydrogen-bond acceptors (Lipinski definition) is 1. The average molecular weight is 304 g/mol. The van der Waals surface area contributed by atoms with E-state index in [1.807, 2.05) is 7.05 Å². The van der Waals surface area contributed by atoms with Crippen LogP contribution in [0.3, 0.4) is 0 Å². The third-order valence-electron chi connectivity index (χ3n) is 3.21. The highest BCUT2D eigenvalue weighted by Crippen LogP contribution is 2.27. The van der Waals surface area contributed by atoms with Gasteiger partial charge in [0.15, 0.2) is 0 Å².